The summed E-state index contributed by atoms with van der Waals surface area (Å²) < 4.78 is 0. The Morgan fingerprint density at radius 2 is 1.61 bits per heavy atom. The highest BCUT2D eigenvalue weighted by molar-refractivity contribution is 5.89. The normalized spacial score (nSPS) is 15.8. The molecule has 5 nitrogen and oxygen atoms in total. The largest absolute Gasteiger partial charge is 0.370 e. The van der Waals surface area contributed by atoms with Gasteiger partial charge in [-0.05, 0) is 61.5 Å². The molecule has 2 N–H and O–H groups in total. The van der Waals surface area contributed by atoms with Crippen LogP contribution in [0.15, 0.2) is 78.9 Å². The summed E-state index contributed by atoms with van der Waals surface area (Å²) in [5.74, 6) is 0. The number of hydrogen-bond acceptors (Lipinski definition) is 3. The zero-order valence-corrected chi connectivity index (χ0v) is 18.2. The number of benzene rings is 3. The molecule has 0 spiro atoms. The minimum atomic E-state index is -0.200. The summed E-state index contributed by atoms with van der Waals surface area (Å²) in [5.41, 5.74) is 5.42. The minimum absolute atomic E-state index is 0.200. The van der Waals surface area contributed by atoms with Gasteiger partial charge in [0.05, 0.1) is 0 Å². The average Bonchev–Trinajstić information content (AvgIpc) is 3.30. The van der Waals surface area contributed by atoms with Crippen molar-refractivity contribution in [1.82, 2.24) is 10.2 Å². The molecule has 1 atom stereocenters. The number of carbonyl (C=O) groups excluding carboxylic acids is 1. The third kappa shape index (κ3) is 5.44. The quantitative estimate of drug-likeness (QED) is 0.608. The van der Waals surface area contributed by atoms with Crippen LogP contribution < -0.4 is 15.5 Å². The van der Waals surface area contributed by atoms with E-state index in [1.807, 2.05) is 30.3 Å². The molecule has 0 saturated carbocycles. The zero-order chi connectivity index (χ0) is 21.6. The molecule has 3 aromatic carbocycles. The molecule has 1 fully saturated rings. The second-order valence-electron chi connectivity index (χ2n) is 8.27. The van der Waals surface area contributed by atoms with Crippen LogP contribution in [0.1, 0.15) is 12.0 Å². The van der Waals surface area contributed by atoms with E-state index in [9.17, 15) is 4.79 Å². The van der Waals surface area contributed by atoms with Crippen LogP contribution in [0.5, 0.6) is 0 Å². The van der Waals surface area contributed by atoms with E-state index in [0.29, 0.717) is 12.6 Å². The van der Waals surface area contributed by atoms with Gasteiger partial charge in [-0.15, -0.1) is 0 Å². The Labute approximate surface area is 184 Å². The maximum atomic E-state index is 12.3. The fourth-order valence-corrected chi connectivity index (χ4v) is 3.96. The Balaban J connectivity index is 1.26. The first-order valence-corrected chi connectivity index (χ1v) is 10.8. The van der Waals surface area contributed by atoms with E-state index in [-0.39, 0.29) is 6.03 Å². The lowest BCUT2D eigenvalue weighted by molar-refractivity contribution is 0.251. The molecule has 0 aromatic heterocycles. The highest BCUT2D eigenvalue weighted by Gasteiger charge is 2.23. The second kappa shape index (κ2) is 9.67. The predicted molar refractivity (Wildman–Crippen MR) is 128 cm³/mol. The van der Waals surface area contributed by atoms with Crippen LogP contribution in [0, 0.1) is 0 Å². The maximum absolute atomic E-state index is 12.3. The number of likely N-dealkylation sites (N-methyl/N-ethyl adjacent to an activating group) is 1. The van der Waals surface area contributed by atoms with Gasteiger partial charge in [0, 0.05) is 37.1 Å². The highest BCUT2D eigenvalue weighted by Crippen LogP contribution is 2.24. The molecular formula is C26H30N4O. The fourth-order valence-electron chi connectivity index (χ4n) is 3.96. The Hall–Kier alpha value is -3.31. The molecule has 160 valence electrons. The van der Waals surface area contributed by atoms with Gasteiger partial charge in [0.1, 0.15) is 0 Å². The number of amides is 2. The standard InChI is InChI=1S/C26H30N4O/c1-29(2)25-16-17-30(19-25)24-14-12-23(13-15-24)28-26(31)27-18-20-8-10-22(11-9-20)21-6-4-3-5-7-21/h3-15,25H,16-19H2,1-2H3,(H2,27,28,31)/t25-/m1/s1. The summed E-state index contributed by atoms with van der Waals surface area (Å²) in [6.45, 7) is 2.60. The number of nitrogens with zero attached hydrogens (tertiary/aromatic N) is 2. The van der Waals surface area contributed by atoms with Gasteiger partial charge in [0.2, 0.25) is 0 Å². The van der Waals surface area contributed by atoms with E-state index >= 15 is 0 Å². The molecule has 1 saturated heterocycles. The molecule has 5 heteroatoms. The van der Waals surface area contributed by atoms with Crippen molar-refractivity contribution >= 4 is 17.4 Å². The summed E-state index contributed by atoms with van der Waals surface area (Å²) in [5, 5.41) is 5.85. The maximum Gasteiger partial charge on any atom is 0.319 e. The second-order valence-corrected chi connectivity index (χ2v) is 8.27. The topological polar surface area (TPSA) is 47.6 Å². The van der Waals surface area contributed by atoms with Gasteiger partial charge in [-0.3, -0.25) is 0 Å². The van der Waals surface area contributed by atoms with Gasteiger partial charge < -0.3 is 20.4 Å². The van der Waals surface area contributed by atoms with Crippen LogP contribution in [0.4, 0.5) is 16.2 Å². The van der Waals surface area contributed by atoms with Crippen molar-refractivity contribution in [1.29, 1.82) is 0 Å². The van der Waals surface area contributed by atoms with Gasteiger partial charge in [-0.1, -0.05) is 54.6 Å². The molecular weight excluding hydrogens is 384 g/mol. The van der Waals surface area contributed by atoms with E-state index in [1.54, 1.807) is 0 Å². The van der Waals surface area contributed by atoms with Crippen LogP contribution in [-0.4, -0.2) is 44.2 Å². The van der Waals surface area contributed by atoms with Gasteiger partial charge >= 0.3 is 6.03 Å². The van der Waals surface area contributed by atoms with Crippen LogP contribution in [0.3, 0.4) is 0 Å². The zero-order valence-electron chi connectivity index (χ0n) is 18.2. The summed E-state index contributed by atoms with van der Waals surface area (Å²) >= 11 is 0. The summed E-state index contributed by atoms with van der Waals surface area (Å²) in [7, 11) is 4.27. The fraction of sp³-hybridized carbons (Fsp3) is 0.269. The van der Waals surface area contributed by atoms with E-state index in [0.717, 1.165) is 24.3 Å². The summed E-state index contributed by atoms with van der Waals surface area (Å²) in [6.07, 6.45) is 1.18. The average molecular weight is 415 g/mol. The Bertz CT molecular complexity index is 984. The van der Waals surface area contributed by atoms with E-state index in [2.05, 4.69) is 83.1 Å². The molecule has 0 bridgehead atoms. The van der Waals surface area contributed by atoms with Gasteiger partial charge in [0.25, 0.3) is 0 Å². The molecule has 0 unspecified atom stereocenters. The van der Waals surface area contributed by atoms with Gasteiger partial charge in [-0.25, -0.2) is 4.79 Å². The lowest BCUT2D eigenvalue weighted by atomic mass is 10.0. The van der Waals surface area contributed by atoms with E-state index in [4.69, 9.17) is 0 Å². The van der Waals surface area contributed by atoms with Crippen molar-refractivity contribution in [3.63, 3.8) is 0 Å². The van der Waals surface area contributed by atoms with Gasteiger partial charge in [0.15, 0.2) is 0 Å². The molecule has 2 amide bonds. The molecule has 1 heterocycles. The van der Waals surface area contributed by atoms with Crippen molar-refractivity contribution in [2.45, 2.75) is 19.0 Å². The molecule has 1 aliphatic rings. The first kappa shape index (κ1) is 20.9. The number of carbonyl (C=O) groups is 1. The molecule has 0 aliphatic carbocycles. The SMILES string of the molecule is CN(C)[C@@H]1CCN(c2ccc(NC(=O)NCc3ccc(-c4ccccc4)cc3)cc2)C1. The minimum Gasteiger partial charge on any atom is -0.370 e. The van der Waals surface area contributed by atoms with Gasteiger partial charge in [-0.2, -0.15) is 0 Å². The number of nitrogens with one attached hydrogen (secondary N) is 2. The van der Waals surface area contributed by atoms with Crippen LogP contribution in [-0.2, 0) is 6.54 Å². The van der Waals surface area contributed by atoms with Crippen molar-refractivity contribution in [3.05, 3.63) is 84.4 Å². The van der Waals surface area contributed by atoms with Crippen molar-refractivity contribution in [3.8, 4) is 11.1 Å². The number of urea groups is 1. The number of rotatable bonds is 6. The van der Waals surface area contributed by atoms with Crippen molar-refractivity contribution in [2.75, 3.05) is 37.4 Å². The van der Waals surface area contributed by atoms with Crippen LogP contribution in [0.2, 0.25) is 0 Å². The Morgan fingerprint density at radius 3 is 2.26 bits per heavy atom. The summed E-state index contributed by atoms with van der Waals surface area (Å²) in [4.78, 5) is 17.0. The predicted octanol–water partition coefficient (Wildman–Crippen LogP) is 4.82. The third-order valence-corrected chi connectivity index (χ3v) is 5.90. The number of anilines is 2. The molecule has 0 radical (unpaired) electrons. The monoisotopic (exact) mass is 414 g/mol. The van der Waals surface area contributed by atoms with E-state index < -0.39 is 0 Å². The van der Waals surface area contributed by atoms with Crippen LogP contribution >= 0.6 is 0 Å². The molecule has 31 heavy (non-hydrogen) atoms. The van der Waals surface area contributed by atoms with Crippen LogP contribution in [0.25, 0.3) is 11.1 Å². The summed E-state index contributed by atoms with van der Waals surface area (Å²) in [6, 6.07) is 27.0. The number of hydrogen-bond donors (Lipinski definition) is 2. The Morgan fingerprint density at radius 1 is 0.935 bits per heavy atom. The first-order valence-electron chi connectivity index (χ1n) is 10.8. The lowest BCUT2D eigenvalue weighted by Gasteiger charge is -2.22. The molecule has 4 rings (SSSR count). The van der Waals surface area contributed by atoms with Crippen molar-refractivity contribution in [2.24, 2.45) is 0 Å². The third-order valence-electron chi connectivity index (χ3n) is 5.90. The molecule has 1 aliphatic heterocycles. The molecule has 3 aromatic rings. The Kier molecular flexibility index (Phi) is 6.53. The first-order chi connectivity index (χ1) is 15.1. The van der Waals surface area contributed by atoms with E-state index in [1.165, 1.54) is 23.2 Å². The van der Waals surface area contributed by atoms with Crippen molar-refractivity contribution < 1.29 is 4.79 Å². The highest BCUT2D eigenvalue weighted by atomic mass is 16.2. The lowest BCUT2D eigenvalue weighted by Crippen LogP contribution is -2.31. The smallest absolute Gasteiger partial charge is 0.319 e.